The molecule has 0 aliphatic heterocycles. The number of carbonyl (C=O) groups excluding carboxylic acids is 1. The number of allylic oxidation sites excluding steroid dienone is 1. The van der Waals surface area contributed by atoms with Crippen molar-refractivity contribution in [1.82, 2.24) is 0 Å². The molecule has 0 fully saturated rings. The van der Waals surface area contributed by atoms with Crippen molar-refractivity contribution in [2.45, 2.75) is 19.8 Å². The van der Waals surface area contributed by atoms with E-state index in [1.54, 1.807) is 31.4 Å². The van der Waals surface area contributed by atoms with Gasteiger partial charge < -0.3 is 15.2 Å². The van der Waals surface area contributed by atoms with Crippen LogP contribution in [0.3, 0.4) is 0 Å². The van der Waals surface area contributed by atoms with Crippen LogP contribution < -0.4 is 10.1 Å². The van der Waals surface area contributed by atoms with Gasteiger partial charge in [-0.15, -0.1) is 0 Å². The van der Waals surface area contributed by atoms with Crippen molar-refractivity contribution in [2.75, 3.05) is 12.4 Å². The molecule has 146 valence electrons. The molecule has 5 heteroatoms. The summed E-state index contributed by atoms with van der Waals surface area (Å²) in [6.45, 7) is 5.80. The Balaban J connectivity index is 1.95. The number of benzene rings is 2. The van der Waals surface area contributed by atoms with Crippen LogP contribution in [0.1, 0.15) is 41.3 Å². The van der Waals surface area contributed by atoms with E-state index in [9.17, 15) is 14.7 Å². The Morgan fingerprint density at radius 1 is 1.21 bits per heavy atom. The van der Waals surface area contributed by atoms with Gasteiger partial charge in [-0.2, -0.15) is 0 Å². The number of carboxylic acids is 1. The van der Waals surface area contributed by atoms with Crippen molar-refractivity contribution in [3.63, 3.8) is 0 Å². The van der Waals surface area contributed by atoms with E-state index in [2.05, 4.69) is 11.9 Å². The molecule has 0 saturated carbocycles. The van der Waals surface area contributed by atoms with Crippen molar-refractivity contribution in [3.05, 3.63) is 71.8 Å². The summed E-state index contributed by atoms with van der Waals surface area (Å²) < 4.78 is 5.25. The molecule has 1 unspecified atom stereocenters. The molecule has 0 aliphatic carbocycles. The molecule has 1 amide bonds. The third-order valence-corrected chi connectivity index (χ3v) is 4.32. The standard InChI is InChI=1S/C23H25NO4/c1-4-17-12-13-19(28-3)15-18(17)9-7-8-16(2)14-22(25)24-21-11-6-5-10-20(21)23(26)27/h4-7,9-13,15-16H,1,8,14H2,2-3H3,(H,24,25)(H,26,27)/b9-7-. The number of nitrogens with one attached hydrogen (secondary N) is 1. The number of hydrogen-bond acceptors (Lipinski definition) is 3. The Morgan fingerprint density at radius 2 is 1.96 bits per heavy atom. The van der Waals surface area contributed by atoms with Crippen LogP contribution in [0.4, 0.5) is 5.69 Å². The van der Waals surface area contributed by atoms with Crippen LogP contribution in [0, 0.1) is 5.92 Å². The van der Waals surface area contributed by atoms with Crippen molar-refractivity contribution < 1.29 is 19.4 Å². The minimum Gasteiger partial charge on any atom is -0.497 e. The lowest BCUT2D eigenvalue weighted by Gasteiger charge is -2.11. The zero-order valence-electron chi connectivity index (χ0n) is 16.1. The van der Waals surface area contributed by atoms with Gasteiger partial charge in [-0.05, 0) is 47.7 Å². The highest BCUT2D eigenvalue weighted by atomic mass is 16.5. The first-order chi connectivity index (χ1) is 13.4. The molecule has 5 nitrogen and oxygen atoms in total. The molecule has 0 spiro atoms. The average Bonchev–Trinajstić information content (AvgIpc) is 2.67. The first-order valence-electron chi connectivity index (χ1n) is 9.03. The topological polar surface area (TPSA) is 75.6 Å². The quantitative estimate of drug-likeness (QED) is 0.635. The molecule has 2 aromatic rings. The predicted octanol–water partition coefficient (Wildman–Crippen LogP) is 5.10. The number of carbonyl (C=O) groups is 2. The van der Waals surface area contributed by atoms with Gasteiger partial charge in [-0.3, -0.25) is 4.79 Å². The van der Waals surface area contributed by atoms with Crippen LogP contribution in [0.25, 0.3) is 12.2 Å². The number of anilines is 1. The normalized spacial score (nSPS) is 11.8. The average molecular weight is 379 g/mol. The Kier molecular flexibility index (Phi) is 7.57. The van der Waals surface area contributed by atoms with E-state index in [0.717, 1.165) is 16.9 Å². The molecule has 2 N–H and O–H groups in total. The number of ether oxygens (including phenoxy) is 1. The summed E-state index contributed by atoms with van der Waals surface area (Å²) in [5.74, 6) is -0.397. The lowest BCUT2D eigenvalue weighted by Crippen LogP contribution is -2.17. The molecule has 0 saturated heterocycles. The van der Waals surface area contributed by atoms with Crippen LogP contribution in [-0.2, 0) is 4.79 Å². The predicted molar refractivity (Wildman–Crippen MR) is 113 cm³/mol. The van der Waals surface area contributed by atoms with Crippen LogP contribution in [0.2, 0.25) is 0 Å². The Morgan fingerprint density at radius 3 is 2.64 bits per heavy atom. The number of aromatic carboxylic acids is 1. The summed E-state index contributed by atoms with van der Waals surface area (Å²) in [5.41, 5.74) is 2.40. The summed E-state index contributed by atoms with van der Waals surface area (Å²) in [5, 5.41) is 11.9. The highest BCUT2D eigenvalue weighted by molar-refractivity contribution is 6.00. The van der Waals surface area contributed by atoms with Gasteiger partial charge in [0.1, 0.15) is 5.75 Å². The van der Waals surface area contributed by atoms with Gasteiger partial charge in [0.05, 0.1) is 18.4 Å². The van der Waals surface area contributed by atoms with Crippen molar-refractivity contribution in [1.29, 1.82) is 0 Å². The third-order valence-electron chi connectivity index (χ3n) is 4.32. The van der Waals surface area contributed by atoms with E-state index in [0.29, 0.717) is 18.5 Å². The lowest BCUT2D eigenvalue weighted by molar-refractivity contribution is -0.116. The summed E-state index contributed by atoms with van der Waals surface area (Å²) >= 11 is 0. The molecular weight excluding hydrogens is 354 g/mol. The van der Waals surface area contributed by atoms with E-state index in [1.165, 1.54) is 6.07 Å². The molecule has 0 aliphatic rings. The van der Waals surface area contributed by atoms with Gasteiger partial charge in [-0.1, -0.05) is 49.9 Å². The van der Waals surface area contributed by atoms with Gasteiger partial charge in [-0.25, -0.2) is 4.79 Å². The molecule has 0 bridgehead atoms. The van der Waals surface area contributed by atoms with E-state index in [1.807, 2.05) is 37.3 Å². The summed E-state index contributed by atoms with van der Waals surface area (Å²) in [6.07, 6.45) is 6.81. The first kappa shape index (κ1) is 21.0. The van der Waals surface area contributed by atoms with E-state index in [-0.39, 0.29) is 17.4 Å². The molecule has 1 atom stereocenters. The first-order valence-corrected chi connectivity index (χ1v) is 9.03. The maximum absolute atomic E-state index is 12.3. The summed E-state index contributed by atoms with van der Waals surface area (Å²) in [7, 11) is 1.62. The highest BCUT2D eigenvalue weighted by Crippen LogP contribution is 2.21. The number of para-hydroxylation sites is 1. The fourth-order valence-electron chi connectivity index (χ4n) is 2.82. The maximum atomic E-state index is 12.3. The number of hydrogen-bond donors (Lipinski definition) is 2. The fourth-order valence-corrected chi connectivity index (χ4v) is 2.82. The van der Waals surface area contributed by atoms with Crippen molar-refractivity contribution in [3.8, 4) is 5.75 Å². The van der Waals surface area contributed by atoms with Crippen LogP contribution in [0.5, 0.6) is 5.75 Å². The Hall–Kier alpha value is -3.34. The SMILES string of the molecule is C=Cc1ccc(OC)cc1/C=C\CC(C)CC(=O)Nc1ccccc1C(=O)O. The second kappa shape index (κ2) is 10.1. The maximum Gasteiger partial charge on any atom is 0.337 e. The summed E-state index contributed by atoms with van der Waals surface area (Å²) in [6, 6.07) is 12.1. The fraction of sp³-hybridized carbons (Fsp3) is 0.217. The Bertz CT molecular complexity index is 886. The summed E-state index contributed by atoms with van der Waals surface area (Å²) in [4.78, 5) is 23.5. The zero-order chi connectivity index (χ0) is 20.5. The van der Waals surface area contributed by atoms with E-state index in [4.69, 9.17) is 4.74 Å². The number of rotatable bonds is 9. The van der Waals surface area contributed by atoms with E-state index < -0.39 is 5.97 Å². The highest BCUT2D eigenvalue weighted by Gasteiger charge is 2.13. The molecular formula is C23H25NO4. The molecule has 2 aromatic carbocycles. The number of methoxy groups -OCH3 is 1. The Labute approximate surface area is 165 Å². The van der Waals surface area contributed by atoms with Gasteiger partial charge in [0.25, 0.3) is 0 Å². The number of carboxylic acid groups (broad SMARTS) is 1. The largest absolute Gasteiger partial charge is 0.497 e. The molecule has 28 heavy (non-hydrogen) atoms. The molecule has 0 aromatic heterocycles. The minimum absolute atomic E-state index is 0.0818. The second-order valence-corrected chi connectivity index (χ2v) is 6.55. The second-order valence-electron chi connectivity index (χ2n) is 6.55. The minimum atomic E-state index is -1.07. The zero-order valence-corrected chi connectivity index (χ0v) is 16.1. The van der Waals surface area contributed by atoms with Crippen molar-refractivity contribution in [2.24, 2.45) is 5.92 Å². The van der Waals surface area contributed by atoms with Crippen LogP contribution >= 0.6 is 0 Å². The van der Waals surface area contributed by atoms with E-state index >= 15 is 0 Å². The van der Waals surface area contributed by atoms with Gasteiger partial charge >= 0.3 is 5.97 Å². The number of amides is 1. The molecule has 0 heterocycles. The van der Waals surface area contributed by atoms with Gasteiger partial charge in [0.2, 0.25) is 5.91 Å². The van der Waals surface area contributed by atoms with Gasteiger partial charge in [0.15, 0.2) is 0 Å². The van der Waals surface area contributed by atoms with Crippen LogP contribution in [-0.4, -0.2) is 24.1 Å². The van der Waals surface area contributed by atoms with Crippen LogP contribution in [0.15, 0.2) is 55.1 Å². The van der Waals surface area contributed by atoms with Crippen molar-refractivity contribution >= 4 is 29.7 Å². The third kappa shape index (κ3) is 5.84. The lowest BCUT2D eigenvalue weighted by atomic mass is 10.0. The van der Waals surface area contributed by atoms with Gasteiger partial charge in [0, 0.05) is 6.42 Å². The molecule has 2 rings (SSSR count). The smallest absolute Gasteiger partial charge is 0.337 e. The monoisotopic (exact) mass is 379 g/mol. The molecule has 0 radical (unpaired) electrons.